The molecule has 1 fully saturated rings. The Balaban J connectivity index is 1.90. The number of carbonyl (C=O) groups excluding carboxylic acids is 2. The Bertz CT molecular complexity index is 770. The van der Waals surface area contributed by atoms with E-state index in [4.69, 9.17) is 17.0 Å². The number of benzene rings is 1. The van der Waals surface area contributed by atoms with E-state index >= 15 is 0 Å². The number of thioether (sulfide) groups is 1. The molecule has 2 heterocycles. The summed E-state index contributed by atoms with van der Waals surface area (Å²) in [5.74, 6) is 0.148. The molecule has 118 valence electrons. The molecule has 0 aromatic heterocycles. The number of nitrogens with one attached hydrogen (secondary N) is 1. The van der Waals surface area contributed by atoms with E-state index in [1.165, 1.54) is 6.92 Å². The third-order valence-electron chi connectivity index (χ3n) is 3.38. The Morgan fingerprint density at radius 1 is 1.43 bits per heavy atom. The molecule has 1 N–H and O–H groups in total. The Morgan fingerprint density at radius 3 is 2.91 bits per heavy atom. The third-order valence-corrected chi connectivity index (χ3v) is 4.68. The zero-order chi connectivity index (χ0) is 16.6. The molecule has 1 aromatic rings. The molecule has 1 aromatic carbocycles. The number of ether oxygens (including phenoxy) is 1. The molecule has 7 heteroatoms. The summed E-state index contributed by atoms with van der Waals surface area (Å²) in [5, 5.41) is 1.09. The highest BCUT2D eigenvalue weighted by atomic mass is 32.2. The molecular weight excluding hydrogens is 332 g/mol. The van der Waals surface area contributed by atoms with Crippen LogP contribution < -0.4 is 10.2 Å². The maximum atomic E-state index is 12.3. The van der Waals surface area contributed by atoms with Crippen LogP contribution in [0.1, 0.15) is 19.4 Å². The number of hydrazine groups is 1. The molecule has 0 saturated carbocycles. The van der Waals surface area contributed by atoms with E-state index in [0.717, 1.165) is 33.7 Å². The van der Waals surface area contributed by atoms with Crippen LogP contribution in [0.2, 0.25) is 0 Å². The van der Waals surface area contributed by atoms with E-state index in [2.05, 4.69) is 5.43 Å². The predicted molar refractivity (Wildman–Crippen MR) is 93.4 cm³/mol. The van der Waals surface area contributed by atoms with Crippen molar-refractivity contribution in [3.8, 4) is 5.75 Å². The SMILES string of the molecule is CC(=O)NN1C(=O)/C(=C/C2=Cc3ccccc3O[C@H]2C)SC1=S. The summed E-state index contributed by atoms with van der Waals surface area (Å²) in [6, 6.07) is 7.72. The van der Waals surface area contributed by atoms with Gasteiger partial charge in [-0.05, 0) is 42.9 Å². The van der Waals surface area contributed by atoms with Gasteiger partial charge in [0.25, 0.3) is 5.91 Å². The van der Waals surface area contributed by atoms with Crippen LogP contribution in [-0.2, 0) is 9.59 Å². The summed E-state index contributed by atoms with van der Waals surface area (Å²) in [4.78, 5) is 24.0. The van der Waals surface area contributed by atoms with Crippen molar-refractivity contribution in [2.24, 2.45) is 0 Å². The Kier molecular flexibility index (Phi) is 4.23. The highest BCUT2D eigenvalue weighted by molar-refractivity contribution is 8.26. The fourth-order valence-electron chi connectivity index (χ4n) is 2.29. The summed E-state index contributed by atoms with van der Waals surface area (Å²) in [5.41, 5.74) is 4.27. The fraction of sp³-hybridized carbons (Fsp3) is 0.188. The zero-order valence-electron chi connectivity index (χ0n) is 12.5. The number of para-hydroxylation sites is 1. The minimum Gasteiger partial charge on any atom is -0.485 e. The van der Waals surface area contributed by atoms with Crippen molar-refractivity contribution in [2.75, 3.05) is 0 Å². The lowest BCUT2D eigenvalue weighted by Gasteiger charge is -2.23. The fourth-order valence-corrected chi connectivity index (χ4v) is 3.47. The van der Waals surface area contributed by atoms with Gasteiger partial charge in [-0.15, -0.1) is 0 Å². The lowest BCUT2D eigenvalue weighted by atomic mass is 10.0. The van der Waals surface area contributed by atoms with E-state index in [9.17, 15) is 9.59 Å². The quantitative estimate of drug-likeness (QED) is 0.659. The second kappa shape index (κ2) is 6.17. The van der Waals surface area contributed by atoms with Crippen LogP contribution in [0.4, 0.5) is 0 Å². The van der Waals surface area contributed by atoms with Gasteiger partial charge in [-0.3, -0.25) is 15.0 Å². The van der Waals surface area contributed by atoms with E-state index in [-0.39, 0.29) is 17.9 Å². The highest BCUT2D eigenvalue weighted by Crippen LogP contribution is 2.34. The number of nitrogens with zero attached hydrogens (tertiary/aromatic N) is 1. The first-order valence-corrected chi connectivity index (χ1v) is 8.20. The van der Waals surface area contributed by atoms with Gasteiger partial charge in [0.2, 0.25) is 5.91 Å². The van der Waals surface area contributed by atoms with E-state index < -0.39 is 0 Å². The maximum absolute atomic E-state index is 12.3. The molecular formula is C16H14N2O3S2. The lowest BCUT2D eigenvalue weighted by molar-refractivity contribution is -0.132. The molecule has 0 aliphatic carbocycles. The molecule has 1 atom stereocenters. The first-order chi connectivity index (χ1) is 11.0. The van der Waals surface area contributed by atoms with Crippen molar-refractivity contribution >= 4 is 46.2 Å². The largest absolute Gasteiger partial charge is 0.485 e. The predicted octanol–water partition coefficient (Wildman–Crippen LogP) is 2.65. The molecule has 3 rings (SSSR count). The molecule has 2 aliphatic rings. The monoisotopic (exact) mass is 346 g/mol. The van der Waals surface area contributed by atoms with Crippen LogP contribution >= 0.6 is 24.0 Å². The van der Waals surface area contributed by atoms with E-state index in [0.29, 0.717) is 9.23 Å². The number of hydrogen-bond donors (Lipinski definition) is 1. The average molecular weight is 346 g/mol. The van der Waals surface area contributed by atoms with Gasteiger partial charge < -0.3 is 4.74 Å². The molecule has 0 unspecified atom stereocenters. The van der Waals surface area contributed by atoms with Crippen LogP contribution in [-0.4, -0.2) is 27.2 Å². The van der Waals surface area contributed by atoms with Crippen molar-refractivity contribution in [3.63, 3.8) is 0 Å². The zero-order valence-corrected chi connectivity index (χ0v) is 14.2. The standard InChI is InChI=1S/C16H14N2O3S2/c1-9-12(7-11-5-3-4-6-13(11)21-9)8-14-15(20)18(16(22)23-14)17-10(2)19/h3-9H,1-2H3,(H,17,19)/b14-8-/t9-/m0/s1. The van der Waals surface area contributed by atoms with Crippen LogP contribution in [0.25, 0.3) is 6.08 Å². The van der Waals surface area contributed by atoms with Gasteiger partial charge >= 0.3 is 0 Å². The summed E-state index contributed by atoms with van der Waals surface area (Å²) < 4.78 is 6.17. The molecule has 2 amide bonds. The number of fused-ring (bicyclic) bond motifs is 1. The van der Waals surface area contributed by atoms with Gasteiger partial charge in [0.1, 0.15) is 11.9 Å². The third kappa shape index (κ3) is 3.16. The molecule has 1 saturated heterocycles. The van der Waals surface area contributed by atoms with Gasteiger partial charge in [0.05, 0.1) is 4.91 Å². The van der Waals surface area contributed by atoms with Gasteiger partial charge in [0.15, 0.2) is 4.32 Å². The molecule has 23 heavy (non-hydrogen) atoms. The van der Waals surface area contributed by atoms with Gasteiger partial charge in [-0.25, -0.2) is 0 Å². The molecule has 0 spiro atoms. The number of thiocarbonyl (C=S) groups is 1. The average Bonchev–Trinajstić information content (AvgIpc) is 2.75. The minimum absolute atomic E-state index is 0.172. The topological polar surface area (TPSA) is 58.6 Å². The first kappa shape index (κ1) is 15.8. The number of rotatable bonds is 2. The minimum atomic E-state index is -0.343. The van der Waals surface area contributed by atoms with E-state index in [1.54, 1.807) is 6.08 Å². The van der Waals surface area contributed by atoms with Crippen molar-refractivity contribution < 1.29 is 14.3 Å². The van der Waals surface area contributed by atoms with Crippen molar-refractivity contribution in [2.45, 2.75) is 20.0 Å². The summed E-state index contributed by atoms with van der Waals surface area (Å²) in [6.07, 6.45) is 3.59. The summed E-state index contributed by atoms with van der Waals surface area (Å²) >= 11 is 6.29. The first-order valence-electron chi connectivity index (χ1n) is 6.98. The summed E-state index contributed by atoms with van der Waals surface area (Å²) in [7, 11) is 0. The number of amides is 2. The lowest BCUT2D eigenvalue weighted by Crippen LogP contribution is -2.43. The molecule has 0 bridgehead atoms. The summed E-state index contributed by atoms with van der Waals surface area (Å²) in [6.45, 7) is 3.26. The van der Waals surface area contributed by atoms with Gasteiger partial charge in [-0.1, -0.05) is 30.0 Å². The molecule has 0 radical (unpaired) electrons. The Morgan fingerprint density at radius 2 is 2.17 bits per heavy atom. The van der Waals surface area contributed by atoms with Crippen molar-refractivity contribution in [3.05, 3.63) is 46.4 Å². The Labute approximate surface area is 143 Å². The van der Waals surface area contributed by atoms with E-state index in [1.807, 2.05) is 37.3 Å². The second-order valence-corrected chi connectivity index (χ2v) is 6.80. The molecule has 2 aliphatic heterocycles. The van der Waals surface area contributed by atoms with Crippen molar-refractivity contribution in [1.29, 1.82) is 0 Å². The Hall–Kier alpha value is -2.12. The second-order valence-electron chi connectivity index (χ2n) is 5.13. The van der Waals surface area contributed by atoms with Crippen LogP contribution in [0, 0.1) is 0 Å². The number of hydrogen-bond acceptors (Lipinski definition) is 5. The van der Waals surface area contributed by atoms with Gasteiger partial charge in [-0.2, -0.15) is 5.01 Å². The van der Waals surface area contributed by atoms with Gasteiger partial charge in [0, 0.05) is 12.5 Å². The van der Waals surface area contributed by atoms with Crippen LogP contribution in [0.3, 0.4) is 0 Å². The maximum Gasteiger partial charge on any atom is 0.285 e. The smallest absolute Gasteiger partial charge is 0.285 e. The number of carbonyl (C=O) groups is 2. The van der Waals surface area contributed by atoms with Crippen LogP contribution in [0.5, 0.6) is 5.75 Å². The molecule has 5 nitrogen and oxygen atoms in total. The normalized spacial score (nSPS) is 21.8. The van der Waals surface area contributed by atoms with Crippen molar-refractivity contribution in [1.82, 2.24) is 10.4 Å². The highest BCUT2D eigenvalue weighted by Gasteiger charge is 2.33. The van der Waals surface area contributed by atoms with Crippen LogP contribution in [0.15, 0.2) is 40.8 Å².